The van der Waals surface area contributed by atoms with Crippen LogP contribution in [0.1, 0.15) is 16.7 Å². The van der Waals surface area contributed by atoms with Crippen LogP contribution in [-0.2, 0) is 19.3 Å². The van der Waals surface area contributed by atoms with Gasteiger partial charge in [0.25, 0.3) is 0 Å². The number of nitrogens with one attached hydrogen (secondary N) is 1. The number of nitrogens with two attached hydrogens (primary N) is 1. The molecule has 1 aromatic heterocycles. The summed E-state index contributed by atoms with van der Waals surface area (Å²) in [5.41, 5.74) is 6.90. The fourth-order valence-electron chi connectivity index (χ4n) is 4.19. The average molecular weight is 486 g/mol. The van der Waals surface area contributed by atoms with Gasteiger partial charge in [0.1, 0.15) is 11.6 Å². The molecule has 0 spiro atoms. The van der Waals surface area contributed by atoms with Gasteiger partial charge in [-0.05, 0) is 35.4 Å². The van der Waals surface area contributed by atoms with Crippen LogP contribution in [-0.4, -0.2) is 47.8 Å². The van der Waals surface area contributed by atoms with Gasteiger partial charge in [-0.3, -0.25) is 4.90 Å². The van der Waals surface area contributed by atoms with E-state index in [0.717, 1.165) is 61.9 Å². The number of alkyl halides is 3. The lowest BCUT2D eigenvalue weighted by Crippen LogP contribution is -2.46. The van der Waals surface area contributed by atoms with Gasteiger partial charge >= 0.3 is 6.18 Å². The first-order chi connectivity index (χ1) is 16.8. The van der Waals surface area contributed by atoms with Crippen LogP contribution >= 0.6 is 0 Å². The Balaban J connectivity index is 1.19. The Morgan fingerprint density at radius 2 is 1.71 bits per heavy atom. The van der Waals surface area contributed by atoms with Crippen LogP contribution in [0.15, 0.2) is 48.5 Å². The van der Waals surface area contributed by atoms with E-state index in [-0.39, 0.29) is 19.3 Å². The molecule has 8 nitrogen and oxygen atoms in total. The van der Waals surface area contributed by atoms with Gasteiger partial charge in [0.2, 0.25) is 12.7 Å². The Morgan fingerprint density at radius 1 is 0.914 bits per heavy atom. The number of ether oxygens (including phenoxy) is 2. The van der Waals surface area contributed by atoms with Gasteiger partial charge < -0.3 is 25.4 Å². The molecule has 1 fully saturated rings. The smallest absolute Gasteiger partial charge is 0.416 e. The Morgan fingerprint density at radius 3 is 2.51 bits per heavy atom. The summed E-state index contributed by atoms with van der Waals surface area (Å²) in [5.74, 6) is 2.82. The van der Waals surface area contributed by atoms with Crippen molar-refractivity contribution in [2.24, 2.45) is 0 Å². The predicted molar refractivity (Wildman–Crippen MR) is 125 cm³/mol. The van der Waals surface area contributed by atoms with Crippen LogP contribution in [0.3, 0.4) is 0 Å². The summed E-state index contributed by atoms with van der Waals surface area (Å²) in [4.78, 5) is 13.0. The molecule has 3 heterocycles. The number of aromatic nitrogens is 2. The zero-order chi connectivity index (χ0) is 24.4. The fourth-order valence-corrected chi connectivity index (χ4v) is 4.19. The molecule has 11 heteroatoms. The Bertz CT molecular complexity index is 1200. The summed E-state index contributed by atoms with van der Waals surface area (Å²) in [6, 6.07) is 13.0. The second-order valence-corrected chi connectivity index (χ2v) is 8.47. The van der Waals surface area contributed by atoms with Crippen molar-refractivity contribution in [1.29, 1.82) is 0 Å². The molecular weight excluding hydrogens is 461 g/mol. The van der Waals surface area contributed by atoms with E-state index < -0.39 is 11.7 Å². The lowest BCUT2D eigenvalue weighted by atomic mass is 10.1. The highest BCUT2D eigenvalue weighted by Crippen LogP contribution is 2.33. The van der Waals surface area contributed by atoms with Gasteiger partial charge in [0.05, 0.1) is 5.56 Å². The molecule has 0 atom stereocenters. The van der Waals surface area contributed by atoms with Crippen LogP contribution in [0.2, 0.25) is 0 Å². The minimum atomic E-state index is -4.38. The lowest BCUT2D eigenvalue weighted by molar-refractivity contribution is -0.137. The van der Waals surface area contributed by atoms with Crippen LogP contribution in [0.25, 0.3) is 0 Å². The van der Waals surface area contributed by atoms with E-state index in [1.807, 2.05) is 18.2 Å². The maximum absolute atomic E-state index is 13.0. The third-order valence-electron chi connectivity index (χ3n) is 6.00. The van der Waals surface area contributed by atoms with Crippen LogP contribution < -0.4 is 25.4 Å². The minimum absolute atomic E-state index is 0.108. The molecule has 0 aliphatic carbocycles. The highest BCUT2D eigenvalue weighted by Gasteiger charge is 2.30. The topological polar surface area (TPSA) is 88.8 Å². The zero-order valence-electron chi connectivity index (χ0n) is 18.9. The quantitative estimate of drug-likeness (QED) is 0.545. The number of hydrogen-bond acceptors (Lipinski definition) is 8. The third kappa shape index (κ3) is 5.51. The number of rotatable bonds is 6. The molecule has 2 aliphatic rings. The lowest BCUT2D eigenvalue weighted by Gasteiger charge is -2.35. The van der Waals surface area contributed by atoms with Gasteiger partial charge in [-0.1, -0.05) is 18.2 Å². The van der Waals surface area contributed by atoms with Crippen molar-refractivity contribution in [3.05, 3.63) is 65.2 Å². The average Bonchev–Trinajstić information content (AvgIpc) is 3.31. The molecule has 0 amide bonds. The molecule has 3 aromatic rings. The van der Waals surface area contributed by atoms with Crippen molar-refractivity contribution in [1.82, 2.24) is 14.9 Å². The van der Waals surface area contributed by atoms with Crippen LogP contribution in [0.5, 0.6) is 11.5 Å². The Labute approximate surface area is 200 Å². The molecule has 0 radical (unpaired) electrons. The first-order valence-corrected chi connectivity index (χ1v) is 11.2. The predicted octanol–water partition coefficient (Wildman–Crippen LogP) is 3.74. The van der Waals surface area contributed by atoms with Crippen molar-refractivity contribution in [2.45, 2.75) is 19.3 Å². The second-order valence-electron chi connectivity index (χ2n) is 8.47. The van der Waals surface area contributed by atoms with Gasteiger partial charge in [-0.15, -0.1) is 0 Å². The maximum Gasteiger partial charge on any atom is 0.416 e. The first kappa shape index (κ1) is 23.0. The van der Waals surface area contributed by atoms with Gasteiger partial charge in [-0.25, -0.2) is 0 Å². The van der Waals surface area contributed by atoms with E-state index in [2.05, 4.69) is 25.1 Å². The highest BCUT2D eigenvalue weighted by atomic mass is 19.4. The summed E-state index contributed by atoms with van der Waals surface area (Å²) in [6.45, 7) is 4.44. The Hall–Kier alpha value is -3.73. The molecule has 0 unspecified atom stereocenters. The SMILES string of the molecule is Nc1nc(NCc2cccc(C(F)(F)F)c2)cc(N2CCN(Cc3ccc4c(c3)OCO4)CC2)n1. The summed E-state index contributed by atoms with van der Waals surface area (Å²) in [7, 11) is 0. The van der Waals surface area contributed by atoms with Gasteiger partial charge in [0.15, 0.2) is 11.5 Å². The van der Waals surface area contributed by atoms with Crippen LogP contribution in [0, 0.1) is 0 Å². The van der Waals surface area contributed by atoms with E-state index >= 15 is 0 Å². The zero-order valence-corrected chi connectivity index (χ0v) is 18.9. The number of halogens is 3. The monoisotopic (exact) mass is 486 g/mol. The molecule has 3 N–H and O–H groups in total. The largest absolute Gasteiger partial charge is 0.454 e. The standard InChI is InChI=1S/C24H25F3N6O2/c25-24(26,27)18-3-1-2-16(10-18)13-29-21-12-22(31-23(28)30-21)33-8-6-32(7-9-33)14-17-4-5-19-20(11-17)35-15-34-19/h1-5,10-12H,6-9,13-15H2,(H3,28,29,30,31). The number of nitrogen functional groups attached to an aromatic ring is 1. The van der Waals surface area contributed by atoms with Crippen molar-refractivity contribution in [3.8, 4) is 11.5 Å². The number of anilines is 3. The summed E-state index contributed by atoms with van der Waals surface area (Å²) >= 11 is 0. The number of hydrogen-bond donors (Lipinski definition) is 2. The molecule has 0 saturated carbocycles. The molecule has 184 valence electrons. The van der Waals surface area contributed by atoms with Gasteiger partial charge in [0, 0.05) is 45.3 Å². The van der Waals surface area contributed by atoms with Crippen molar-refractivity contribution in [2.75, 3.05) is 48.9 Å². The minimum Gasteiger partial charge on any atom is -0.454 e. The number of benzene rings is 2. The molecule has 0 bridgehead atoms. The molecule has 2 aliphatic heterocycles. The molecule has 5 rings (SSSR count). The van der Waals surface area contributed by atoms with Crippen LogP contribution in [0.4, 0.5) is 30.8 Å². The third-order valence-corrected chi connectivity index (χ3v) is 6.00. The second kappa shape index (κ2) is 9.49. The summed E-state index contributed by atoms with van der Waals surface area (Å²) in [6.07, 6.45) is -4.38. The van der Waals surface area contributed by atoms with Gasteiger partial charge in [-0.2, -0.15) is 23.1 Å². The number of nitrogens with zero attached hydrogens (tertiary/aromatic N) is 4. The normalized spacial score (nSPS) is 15.9. The first-order valence-electron chi connectivity index (χ1n) is 11.2. The maximum atomic E-state index is 13.0. The van der Waals surface area contributed by atoms with E-state index in [4.69, 9.17) is 15.2 Å². The molecule has 35 heavy (non-hydrogen) atoms. The number of piperazine rings is 1. The fraction of sp³-hybridized carbons (Fsp3) is 0.333. The Kier molecular flexibility index (Phi) is 6.25. The molecule has 2 aromatic carbocycles. The number of fused-ring (bicyclic) bond motifs is 1. The molecule has 1 saturated heterocycles. The highest BCUT2D eigenvalue weighted by molar-refractivity contribution is 5.53. The molecular formula is C24H25F3N6O2. The van der Waals surface area contributed by atoms with Crippen molar-refractivity contribution in [3.63, 3.8) is 0 Å². The van der Waals surface area contributed by atoms with E-state index in [9.17, 15) is 13.2 Å². The van der Waals surface area contributed by atoms with Crippen molar-refractivity contribution >= 4 is 17.6 Å². The van der Waals surface area contributed by atoms with E-state index in [1.54, 1.807) is 12.1 Å². The summed E-state index contributed by atoms with van der Waals surface area (Å²) < 4.78 is 49.7. The van der Waals surface area contributed by atoms with Crippen molar-refractivity contribution < 1.29 is 22.6 Å². The summed E-state index contributed by atoms with van der Waals surface area (Å²) in [5, 5.41) is 3.06. The van der Waals surface area contributed by atoms with E-state index in [1.165, 1.54) is 6.07 Å². The van der Waals surface area contributed by atoms with E-state index in [0.29, 0.717) is 17.2 Å².